The molecule has 4 rings (SSSR count). The fraction of sp³-hybridized carbons (Fsp3) is 0.471. The van der Waals surface area contributed by atoms with Crippen molar-refractivity contribution in [2.24, 2.45) is 0 Å². The van der Waals surface area contributed by atoms with E-state index in [9.17, 15) is 9.90 Å². The number of aliphatic hydroxyl groups is 1. The Bertz CT molecular complexity index is 823. The average molecular weight is 360 g/mol. The average Bonchev–Trinajstić information content (AvgIpc) is 3.33. The summed E-state index contributed by atoms with van der Waals surface area (Å²) in [5, 5.41) is 18.2. The molecule has 1 saturated heterocycles. The normalized spacial score (nSPS) is 21.6. The van der Waals surface area contributed by atoms with E-state index in [0.29, 0.717) is 41.9 Å². The van der Waals surface area contributed by atoms with Crippen LogP contribution in [-0.2, 0) is 6.54 Å². The van der Waals surface area contributed by atoms with E-state index in [-0.39, 0.29) is 25.3 Å². The second-order valence-electron chi connectivity index (χ2n) is 6.54. The van der Waals surface area contributed by atoms with Gasteiger partial charge in [0.2, 0.25) is 18.6 Å². The van der Waals surface area contributed by atoms with Crippen molar-refractivity contribution in [3.8, 4) is 11.5 Å². The molecule has 1 N–H and O–H groups in total. The molecule has 0 radical (unpaired) electrons. The van der Waals surface area contributed by atoms with Gasteiger partial charge in [-0.05, 0) is 25.2 Å². The van der Waals surface area contributed by atoms with Gasteiger partial charge in [0.05, 0.1) is 18.7 Å². The van der Waals surface area contributed by atoms with Crippen LogP contribution >= 0.6 is 0 Å². The molecule has 2 aliphatic heterocycles. The summed E-state index contributed by atoms with van der Waals surface area (Å²) >= 11 is 0. The van der Waals surface area contributed by atoms with Crippen LogP contribution in [0.1, 0.15) is 22.1 Å². The second-order valence-corrected chi connectivity index (χ2v) is 6.54. The Morgan fingerprint density at radius 2 is 2.12 bits per heavy atom. The minimum atomic E-state index is -0.651. The molecule has 0 aliphatic carbocycles. The monoisotopic (exact) mass is 360 g/mol. The van der Waals surface area contributed by atoms with Gasteiger partial charge in [0, 0.05) is 25.6 Å². The van der Waals surface area contributed by atoms with E-state index >= 15 is 0 Å². The third-order valence-corrected chi connectivity index (χ3v) is 4.68. The molecule has 1 amide bonds. The zero-order valence-electron chi connectivity index (χ0n) is 14.6. The Balaban J connectivity index is 1.43. The van der Waals surface area contributed by atoms with E-state index in [4.69, 9.17) is 13.9 Å². The van der Waals surface area contributed by atoms with Crippen LogP contribution in [0.25, 0.3) is 0 Å². The van der Waals surface area contributed by atoms with E-state index in [1.165, 1.54) is 0 Å². The fourth-order valence-electron chi connectivity index (χ4n) is 3.31. The van der Waals surface area contributed by atoms with Gasteiger partial charge in [-0.1, -0.05) is 0 Å². The highest BCUT2D eigenvalue weighted by Crippen LogP contribution is 2.33. The first-order valence-electron chi connectivity index (χ1n) is 8.37. The van der Waals surface area contributed by atoms with Crippen LogP contribution in [0.3, 0.4) is 0 Å². The largest absolute Gasteiger partial charge is 0.454 e. The highest BCUT2D eigenvalue weighted by atomic mass is 16.7. The molecule has 2 atom stereocenters. The van der Waals surface area contributed by atoms with Crippen molar-refractivity contribution in [3.05, 3.63) is 35.5 Å². The van der Waals surface area contributed by atoms with Crippen LogP contribution in [0.5, 0.6) is 11.5 Å². The number of benzene rings is 1. The Labute approximate surface area is 150 Å². The molecular weight excluding hydrogens is 340 g/mol. The van der Waals surface area contributed by atoms with Crippen LogP contribution in [0.4, 0.5) is 0 Å². The van der Waals surface area contributed by atoms with E-state index in [1.807, 2.05) is 11.9 Å². The van der Waals surface area contributed by atoms with Crippen molar-refractivity contribution in [2.45, 2.75) is 25.6 Å². The summed E-state index contributed by atoms with van der Waals surface area (Å²) in [7, 11) is 1.86. The van der Waals surface area contributed by atoms with Gasteiger partial charge in [-0.25, -0.2) is 0 Å². The molecule has 2 aromatic rings. The maximum atomic E-state index is 12.8. The van der Waals surface area contributed by atoms with Gasteiger partial charge in [0.15, 0.2) is 11.5 Å². The van der Waals surface area contributed by atoms with Gasteiger partial charge in [0.25, 0.3) is 5.91 Å². The molecule has 1 aromatic heterocycles. The molecule has 138 valence electrons. The number of carbonyl (C=O) groups excluding carboxylic acids is 1. The molecule has 3 heterocycles. The maximum Gasteiger partial charge on any atom is 0.254 e. The van der Waals surface area contributed by atoms with E-state index < -0.39 is 6.10 Å². The number of fused-ring (bicyclic) bond motifs is 1. The van der Waals surface area contributed by atoms with Gasteiger partial charge >= 0.3 is 0 Å². The molecule has 9 nitrogen and oxygen atoms in total. The van der Waals surface area contributed by atoms with E-state index in [2.05, 4.69) is 10.2 Å². The molecule has 0 unspecified atom stereocenters. The number of amides is 1. The predicted molar refractivity (Wildman–Crippen MR) is 88.8 cm³/mol. The van der Waals surface area contributed by atoms with Crippen molar-refractivity contribution < 1.29 is 23.8 Å². The molecular formula is C17H20N4O5. The first kappa shape index (κ1) is 16.8. The number of rotatable bonds is 4. The van der Waals surface area contributed by atoms with Gasteiger partial charge < -0.3 is 23.9 Å². The summed E-state index contributed by atoms with van der Waals surface area (Å²) in [6.45, 7) is 2.99. The highest BCUT2D eigenvalue weighted by Gasteiger charge is 2.37. The Morgan fingerprint density at radius 3 is 2.88 bits per heavy atom. The summed E-state index contributed by atoms with van der Waals surface area (Å²) < 4.78 is 16.0. The molecule has 1 fully saturated rings. The minimum absolute atomic E-state index is 0.146. The van der Waals surface area contributed by atoms with Crippen molar-refractivity contribution in [3.63, 3.8) is 0 Å². The smallest absolute Gasteiger partial charge is 0.254 e. The minimum Gasteiger partial charge on any atom is -0.454 e. The van der Waals surface area contributed by atoms with Crippen LogP contribution < -0.4 is 9.47 Å². The van der Waals surface area contributed by atoms with E-state index in [0.717, 1.165) is 0 Å². The van der Waals surface area contributed by atoms with Crippen LogP contribution in [-0.4, -0.2) is 70.1 Å². The number of hydrogen-bond donors (Lipinski definition) is 1. The number of nitrogens with zero attached hydrogens (tertiary/aromatic N) is 4. The number of likely N-dealkylation sites (tertiary alicyclic amines) is 1. The lowest BCUT2D eigenvalue weighted by atomic mass is 10.2. The number of aliphatic hydroxyl groups excluding tert-OH is 1. The number of ether oxygens (including phenoxy) is 2. The Kier molecular flexibility index (Phi) is 4.25. The Morgan fingerprint density at radius 1 is 1.31 bits per heavy atom. The zero-order valence-corrected chi connectivity index (χ0v) is 14.6. The van der Waals surface area contributed by atoms with Crippen molar-refractivity contribution in [2.75, 3.05) is 26.9 Å². The lowest BCUT2D eigenvalue weighted by Gasteiger charge is -2.24. The third kappa shape index (κ3) is 3.11. The summed E-state index contributed by atoms with van der Waals surface area (Å²) in [5.41, 5.74) is 0.511. The van der Waals surface area contributed by atoms with Gasteiger partial charge in [-0.2, -0.15) is 0 Å². The fourth-order valence-corrected chi connectivity index (χ4v) is 3.31. The number of likely N-dealkylation sites (N-methyl/N-ethyl adjacent to an activating group) is 1. The zero-order chi connectivity index (χ0) is 18.3. The lowest BCUT2D eigenvalue weighted by Crippen LogP contribution is -2.40. The van der Waals surface area contributed by atoms with Crippen molar-refractivity contribution in [1.29, 1.82) is 0 Å². The molecule has 26 heavy (non-hydrogen) atoms. The van der Waals surface area contributed by atoms with Crippen molar-refractivity contribution >= 4 is 5.91 Å². The summed E-state index contributed by atoms with van der Waals surface area (Å²) in [4.78, 5) is 16.3. The highest BCUT2D eigenvalue weighted by molar-refractivity contribution is 5.95. The van der Waals surface area contributed by atoms with Gasteiger partial charge in [-0.15, -0.1) is 10.2 Å². The summed E-state index contributed by atoms with van der Waals surface area (Å²) in [6.07, 6.45) is -0.651. The number of aryl methyl sites for hydroxylation is 1. The van der Waals surface area contributed by atoms with Gasteiger partial charge in [-0.3, -0.25) is 9.69 Å². The molecule has 9 heteroatoms. The quantitative estimate of drug-likeness (QED) is 0.837. The van der Waals surface area contributed by atoms with Crippen LogP contribution in [0, 0.1) is 6.92 Å². The SMILES string of the molecule is Cc1nnc(CN(C)[C@@H]2CN(C(=O)c3ccc4c(c3)OCO4)C[C@H]2O)o1. The number of carbonyl (C=O) groups is 1. The summed E-state index contributed by atoms with van der Waals surface area (Å²) in [6, 6.07) is 4.90. The number of aromatic nitrogens is 2. The van der Waals surface area contributed by atoms with Crippen molar-refractivity contribution in [1.82, 2.24) is 20.0 Å². The first-order chi connectivity index (χ1) is 12.5. The summed E-state index contributed by atoms with van der Waals surface area (Å²) in [5.74, 6) is 2.04. The molecule has 0 saturated carbocycles. The molecule has 1 aromatic carbocycles. The number of β-amino-alcohol motifs (C(OH)–C–C–N with tert-alkyl or cyclic N) is 1. The second kappa shape index (κ2) is 6.58. The Hall–Kier alpha value is -2.65. The topological polar surface area (TPSA) is 101 Å². The molecule has 0 bridgehead atoms. The standard InChI is InChI=1S/C17H20N4O5/c1-10-18-19-16(26-10)8-20(2)12-6-21(7-13(12)22)17(23)11-3-4-14-15(5-11)25-9-24-14/h3-5,12-13,22H,6-9H2,1-2H3/t12-,13-/m1/s1. The number of hydrogen-bond acceptors (Lipinski definition) is 8. The predicted octanol–water partition coefficient (Wildman–Crippen LogP) is 0.424. The lowest BCUT2D eigenvalue weighted by molar-refractivity contribution is 0.0761. The maximum absolute atomic E-state index is 12.8. The molecule has 2 aliphatic rings. The van der Waals surface area contributed by atoms with Gasteiger partial charge in [0.1, 0.15) is 0 Å². The van der Waals surface area contributed by atoms with Crippen LogP contribution in [0.2, 0.25) is 0 Å². The third-order valence-electron chi connectivity index (χ3n) is 4.68. The molecule has 0 spiro atoms. The first-order valence-corrected chi connectivity index (χ1v) is 8.37. The van der Waals surface area contributed by atoms with E-state index in [1.54, 1.807) is 30.0 Å². The van der Waals surface area contributed by atoms with Crippen LogP contribution in [0.15, 0.2) is 22.6 Å².